The van der Waals surface area contributed by atoms with Gasteiger partial charge >= 0.3 is 0 Å². The van der Waals surface area contributed by atoms with E-state index in [1.807, 2.05) is 0 Å². The molecule has 4 heteroatoms. The van der Waals surface area contributed by atoms with E-state index < -0.39 is 11.6 Å². The number of hydrogen-bond acceptors (Lipinski definition) is 2. The molecule has 1 fully saturated rings. The maximum Gasteiger partial charge on any atom is 0.146 e. The van der Waals surface area contributed by atoms with Gasteiger partial charge in [-0.3, -0.25) is 0 Å². The Balaban J connectivity index is 2.10. The molecule has 3 N–H and O–H groups in total. The molecule has 1 aliphatic rings. The monoisotopic (exact) mass is 226 g/mol. The van der Waals surface area contributed by atoms with Crippen molar-refractivity contribution in [1.82, 2.24) is 0 Å². The van der Waals surface area contributed by atoms with Gasteiger partial charge in [0.2, 0.25) is 0 Å². The molecule has 0 heterocycles. The molecule has 2 rings (SSSR count). The van der Waals surface area contributed by atoms with Crippen molar-refractivity contribution in [2.45, 2.75) is 37.8 Å². The number of nitrogens with one attached hydrogen (secondary N) is 1. The van der Waals surface area contributed by atoms with Crippen LogP contribution in [-0.4, -0.2) is 12.1 Å². The minimum Gasteiger partial charge on any atom is -0.378 e. The number of hydrogen-bond donors (Lipinski definition) is 2. The predicted molar refractivity (Wildman–Crippen MR) is 60.2 cm³/mol. The zero-order chi connectivity index (χ0) is 11.5. The average Bonchev–Trinajstić information content (AvgIpc) is 2.27. The smallest absolute Gasteiger partial charge is 0.146 e. The number of rotatable bonds is 2. The highest BCUT2D eigenvalue weighted by molar-refractivity contribution is 5.46. The normalized spacial score (nSPS) is 25.4. The summed E-state index contributed by atoms with van der Waals surface area (Å²) < 4.78 is 26.3. The van der Waals surface area contributed by atoms with Crippen molar-refractivity contribution < 1.29 is 8.78 Å². The fraction of sp³-hybridized carbons (Fsp3) is 0.500. The largest absolute Gasteiger partial charge is 0.378 e. The van der Waals surface area contributed by atoms with E-state index in [1.54, 1.807) is 0 Å². The highest BCUT2D eigenvalue weighted by atomic mass is 19.1. The van der Waals surface area contributed by atoms with Crippen molar-refractivity contribution in [3.05, 3.63) is 29.8 Å². The fourth-order valence-corrected chi connectivity index (χ4v) is 2.15. The molecular weight excluding hydrogens is 210 g/mol. The minimum atomic E-state index is -0.437. The van der Waals surface area contributed by atoms with E-state index in [1.165, 1.54) is 6.07 Å². The van der Waals surface area contributed by atoms with Crippen molar-refractivity contribution in [2.75, 3.05) is 5.32 Å². The summed E-state index contributed by atoms with van der Waals surface area (Å²) in [6.45, 7) is 0. The molecule has 0 bridgehead atoms. The average molecular weight is 226 g/mol. The molecule has 1 aromatic carbocycles. The summed E-state index contributed by atoms with van der Waals surface area (Å²) in [7, 11) is 0. The van der Waals surface area contributed by atoms with E-state index in [-0.39, 0.29) is 17.8 Å². The molecule has 1 saturated carbocycles. The lowest BCUT2D eigenvalue weighted by Crippen LogP contribution is -2.42. The number of anilines is 1. The molecule has 1 aromatic rings. The van der Waals surface area contributed by atoms with Gasteiger partial charge in [0.15, 0.2) is 0 Å². The van der Waals surface area contributed by atoms with Crippen LogP contribution in [0.5, 0.6) is 0 Å². The summed E-state index contributed by atoms with van der Waals surface area (Å²) in [5.41, 5.74) is 6.15. The molecular formula is C12H16F2N2. The molecule has 0 spiro atoms. The van der Waals surface area contributed by atoms with Crippen LogP contribution in [-0.2, 0) is 0 Å². The van der Waals surface area contributed by atoms with Crippen molar-refractivity contribution >= 4 is 5.69 Å². The van der Waals surface area contributed by atoms with Gasteiger partial charge in [-0.2, -0.15) is 0 Å². The second-order valence-corrected chi connectivity index (χ2v) is 4.32. The van der Waals surface area contributed by atoms with Crippen LogP contribution < -0.4 is 11.1 Å². The summed E-state index contributed by atoms with van der Waals surface area (Å²) in [6, 6.07) is 3.49. The van der Waals surface area contributed by atoms with Gasteiger partial charge in [0, 0.05) is 12.1 Å². The number of benzene rings is 1. The maximum absolute atomic E-state index is 13.4. The van der Waals surface area contributed by atoms with Gasteiger partial charge in [0.1, 0.15) is 11.6 Å². The van der Waals surface area contributed by atoms with Crippen LogP contribution in [0.3, 0.4) is 0 Å². The van der Waals surface area contributed by atoms with E-state index in [0.29, 0.717) is 0 Å². The van der Waals surface area contributed by atoms with E-state index in [2.05, 4.69) is 5.32 Å². The second-order valence-electron chi connectivity index (χ2n) is 4.32. The summed E-state index contributed by atoms with van der Waals surface area (Å²) in [4.78, 5) is 0. The van der Waals surface area contributed by atoms with E-state index in [0.717, 1.165) is 37.8 Å². The first-order valence-electron chi connectivity index (χ1n) is 5.64. The summed E-state index contributed by atoms with van der Waals surface area (Å²) >= 11 is 0. The Labute approximate surface area is 93.8 Å². The number of halogens is 2. The standard InChI is InChI=1S/C12H16F2N2/c13-8-5-6-9(14)12(7-8)16-11-4-2-1-3-10(11)15/h5-7,10-11,16H,1-4,15H2/t10-,11+/m0/s1. The van der Waals surface area contributed by atoms with Crippen molar-refractivity contribution in [3.8, 4) is 0 Å². The van der Waals surface area contributed by atoms with Gasteiger partial charge in [0.05, 0.1) is 5.69 Å². The first kappa shape index (κ1) is 11.3. The lowest BCUT2D eigenvalue weighted by Gasteiger charge is -2.30. The van der Waals surface area contributed by atoms with Gasteiger partial charge in [-0.05, 0) is 31.0 Å². The van der Waals surface area contributed by atoms with Crippen molar-refractivity contribution in [3.63, 3.8) is 0 Å². The van der Waals surface area contributed by atoms with Crippen LogP contribution in [0.2, 0.25) is 0 Å². The Morgan fingerprint density at radius 1 is 1.19 bits per heavy atom. The summed E-state index contributed by atoms with van der Waals surface area (Å²) in [5.74, 6) is -0.868. The van der Waals surface area contributed by atoms with Gasteiger partial charge in [-0.15, -0.1) is 0 Å². The Morgan fingerprint density at radius 3 is 2.69 bits per heavy atom. The second kappa shape index (κ2) is 4.78. The lowest BCUT2D eigenvalue weighted by molar-refractivity contribution is 0.402. The third kappa shape index (κ3) is 2.50. The first-order chi connectivity index (χ1) is 7.66. The predicted octanol–water partition coefficient (Wildman–Crippen LogP) is 2.65. The zero-order valence-electron chi connectivity index (χ0n) is 9.05. The van der Waals surface area contributed by atoms with Crippen molar-refractivity contribution in [1.29, 1.82) is 0 Å². The summed E-state index contributed by atoms with van der Waals surface area (Å²) in [5, 5.41) is 3.00. The third-order valence-electron chi connectivity index (χ3n) is 3.09. The Kier molecular flexibility index (Phi) is 3.39. The van der Waals surface area contributed by atoms with Gasteiger partial charge in [0.25, 0.3) is 0 Å². The molecule has 0 unspecified atom stereocenters. The highest BCUT2D eigenvalue weighted by Gasteiger charge is 2.22. The first-order valence-corrected chi connectivity index (χ1v) is 5.64. The fourth-order valence-electron chi connectivity index (χ4n) is 2.15. The van der Waals surface area contributed by atoms with Gasteiger partial charge in [-0.1, -0.05) is 12.8 Å². The number of nitrogens with two attached hydrogens (primary N) is 1. The molecule has 0 aliphatic heterocycles. The summed E-state index contributed by atoms with van der Waals surface area (Å²) in [6.07, 6.45) is 4.05. The maximum atomic E-state index is 13.4. The van der Waals surface area contributed by atoms with E-state index in [9.17, 15) is 8.78 Å². The Hall–Kier alpha value is -1.16. The Morgan fingerprint density at radius 2 is 1.94 bits per heavy atom. The van der Waals surface area contributed by atoms with Crippen LogP contribution in [0, 0.1) is 11.6 Å². The molecule has 0 saturated heterocycles. The van der Waals surface area contributed by atoms with Crippen LogP contribution in [0.15, 0.2) is 18.2 Å². The molecule has 88 valence electrons. The molecule has 0 radical (unpaired) electrons. The topological polar surface area (TPSA) is 38.0 Å². The highest BCUT2D eigenvalue weighted by Crippen LogP contribution is 2.23. The lowest BCUT2D eigenvalue weighted by atomic mass is 9.91. The SMILES string of the molecule is N[C@H]1CCCC[C@H]1Nc1cc(F)ccc1F. The molecule has 16 heavy (non-hydrogen) atoms. The van der Waals surface area contributed by atoms with Crippen LogP contribution >= 0.6 is 0 Å². The molecule has 1 aliphatic carbocycles. The van der Waals surface area contributed by atoms with Crippen LogP contribution in [0.1, 0.15) is 25.7 Å². The molecule has 2 nitrogen and oxygen atoms in total. The Bertz CT molecular complexity index is 368. The van der Waals surface area contributed by atoms with Crippen molar-refractivity contribution in [2.24, 2.45) is 5.73 Å². The minimum absolute atomic E-state index is 0.0245. The van der Waals surface area contributed by atoms with Crippen LogP contribution in [0.4, 0.5) is 14.5 Å². The van der Waals surface area contributed by atoms with E-state index in [4.69, 9.17) is 5.73 Å². The quantitative estimate of drug-likeness (QED) is 0.813. The third-order valence-corrected chi connectivity index (χ3v) is 3.09. The molecule has 2 atom stereocenters. The van der Waals surface area contributed by atoms with Crippen LogP contribution in [0.25, 0.3) is 0 Å². The van der Waals surface area contributed by atoms with Gasteiger partial charge < -0.3 is 11.1 Å². The van der Waals surface area contributed by atoms with E-state index >= 15 is 0 Å². The molecule has 0 aromatic heterocycles. The zero-order valence-corrected chi connectivity index (χ0v) is 9.05. The molecule has 0 amide bonds. The van der Waals surface area contributed by atoms with Gasteiger partial charge in [-0.25, -0.2) is 8.78 Å².